The van der Waals surface area contributed by atoms with E-state index in [1.165, 1.54) is 11.1 Å². The van der Waals surface area contributed by atoms with Gasteiger partial charge in [0.05, 0.1) is 6.26 Å². The molecule has 1 saturated heterocycles. The van der Waals surface area contributed by atoms with Crippen LogP contribution in [0.1, 0.15) is 24.1 Å². The van der Waals surface area contributed by atoms with E-state index >= 15 is 0 Å². The molecule has 0 aliphatic carbocycles. The molecule has 0 spiro atoms. The molecule has 2 rings (SSSR count). The zero-order valence-corrected chi connectivity index (χ0v) is 13.8. The molecule has 4 nitrogen and oxygen atoms in total. The summed E-state index contributed by atoms with van der Waals surface area (Å²) in [6.07, 6.45) is 5.50. The Morgan fingerprint density at radius 2 is 2.35 bits per heavy atom. The Bertz CT molecular complexity index is 499. The highest BCUT2D eigenvalue weighted by atomic mass is 32.2. The van der Waals surface area contributed by atoms with Crippen molar-refractivity contribution in [2.75, 3.05) is 26.4 Å². The van der Waals surface area contributed by atoms with Gasteiger partial charge >= 0.3 is 0 Å². The Balaban J connectivity index is 1.90. The van der Waals surface area contributed by atoms with E-state index in [0.29, 0.717) is 25.0 Å². The number of sulfonamides is 1. The van der Waals surface area contributed by atoms with E-state index < -0.39 is 10.0 Å². The lowest BCUT2D eigenvalue weighted by Gasteiger charge is -2.32. The van der Waals surface area contributed by atoms with Crippen LogP contribution in [0.3, 0.4) is 0 Å². The molecule has 0 bridgehead atoms. The molecule has 2 unspecified atom stereocenters. The standard InChI is InChI=1S/C14H24N2O2S2/c1-15-13(10-14-6-4-8-19-14)9-12-5-3-7-16(11-12)20(2,17)18/h4,6,8,12-13,15H,3,5,7,9-11H2,1-2H3. The summed E-state index contributed by atoms with van der Waals surface area (Å²) in [7, 11) is -1.04. The van der Waals surface area contributed by atoms with Gasteiger partial charge in [0.25, 0.3) is 0 Å². The zero-order valence-electron chi connectivity index (χ0n) is 12.2. The summed E-state index contributed by atoms with van der Waals surface area (Å²) >= 11 is 1.79. The number of thiophene rings is 1. The number of hydrogen-bond donors (Lipinski definition) is 1. The van der Waals surface area contributed by atoms with Crippen LogP contribution in [0, 0.1) is 5.92 Å². The van der Waals surface area contributed by atoms with Crippen molar-refractivity contribution in [3.8, 4) is 0 Å². The average Bonchev–Trinajstić information content (AvgIpc) is 2.90. The summed E-state index contributed by atoms with van der Waals surface area (Å²) in [6.45, 7) is 1.37. The number of piperidine rings is 1. The van der Waals surface area contributed by atoms with Crippen LogP contribution >= 0.6 is 11.3 Å². The van der Waals surface area contributed by atoms with Crippen LogP contribution in [0.5, 0.6) is 0 Å². The normalized spacial score (nSPS) is 22.8. The molecule has 1 fully saturated rings. The summed E-state index contributed by atoms with van der Waals surface area (Å²) < 4.78 is 24.9. The first-order valence-electron chi connectivity index (χ1n) is 7.14. The summed E-state index contributed by atoms with van der Waals surface area (Å²) in [6, 6.07) is 4.68. The van der Waals surface area contributed by atoms with Crippen LogP contribution < -0.4 is 5.32 Å². The van der Waals surface area contributed by atoms with Crippen LogP contribution in [-0.4, -0.2) is 45.2 Å². The number of rotatable bonds is 6. The van der Waals surface area contributed by atoms with Crippen molar-refractivity contribution >= 4 is 21.4 Å². The quantitative estimate of drug-likeness (QED) is 0.872. The van der Waals surface area contributed by atoms with E-state index in [2.05, 4.69) is 22.8 Å². The van der Waals surface area contributed by atoms with Gasteiger partial charge in [0, 0.05) is 24.0 Å². The molecule has 1 aromatic heterocycles. The minimum Gasteiger partial charge on any atom is -0.317 e. The molecule has 0 saturated carbocycles. The number of likely N-dealkylation sites (N-methyl/N-ethyl adjacent to an activating group) is 1. The number of nitrogens with zero attached hydrogens (tertiary/aromatic N) is 1. The van der Waals surface area contributed by atoms with Crippen LogP contribution in [0.2, 0.25) is 0 Å². The van der Waals surface area contributed by atoms with Crippen molar-refractivity contribution in [2.24, 2.45) is 5.92 Å². The lowest BCUT2D eigenvalue weighted by Crippen LogP contribution is -2.41. The van der Waals surface area contributed by atoms with E-state index in [1.807, 2.05) is 7.05 Å². The van der Waals surface area contributed by atoms with Gasteiger partial charge in [-0.15, -0.1) is 11.3 Å². The minimum atomic E-state index is -3.04. The van der Waals surface area contributed by atoms with Crippen LogP contribution in [0.15, 0.2) is 17.5 Å². The fourth-order valence-corrected chi connectivity index (χ4v) is 4.63. The molecule has 20 heavy (non-hydrogen) atoms. The molecular weight excluding hydrogens is 292 g/mol. The van der Waals surface area contributed by atoms with Gasteiger partial charge in [-0.25, -0.2) is 12.7 Å². The molecule has 1 aliphatic heterocycles. The van der Waals surface area contributed by atoms with E-state index in [0.717, 1.165) is 25.7 Å². The molecular formula is C14H24N2O2S2. The van der Waals surface area contributed by atoms with Gasteiger partial charge in [-0.3, -0.25) is 0 Å². The summed E-state index contributed by atoms with van der Waals surface area (Å²) in [5.41, 5.74) is 0. The monoisotopic (exact) mass is 316 g/mol. The minimum absolute atomic E-state index is 0.429. The van der Waals surface area contributed by atoms with Crippen molar-refractivity contribution in [1.29, 1.82) is 0 Å². The molecule has 1 aliphatic rings. The van der Waals surface area contributed by atoms with Crippen LogP contribution in [-0.2, 0) is 16.4 Å². The smallest absolute Gasteiger partial charge is 0.211 e. The molecule has 1 aromatic rings. The zero-order chi connectivity index (χ0) is 14.6. The molecule has 1 N–H and O–H groups in total. The van der Waals surface area contributed by atoms with Gasteiger partial charge in [-0.2, -0.15) is 0 Å². The highest BCUT2D eigenvalue weighted by Crippen LogP contribution is 2.24. The van der Waals surface area contributed by atoms with E-state index in [4.69, 9.17) is 0 Å². The largest absolute Gasteiger partial charge is 0.317 e. The van der Waals surface area contributed by atoms with E-state index in [1.54, 1.807) is 15.6 Å². The summed E-state index contributed by atoms with van der Waals surface area (Å²) in [4.78, 5) is 1.39. The lowest BCUT2D eigenvalue weighted by molar-refractivity contribution is 0.240. The Morgan fingerprint density at radius 3 is 2.95 bits per heavy atom. The first kappa shape index (κ1) is 15.9. The van der Waals surface area contributed by atoms with Gasteiger partial charge in [0.15, 0.2) is 0 Å². The predicted molar refractivity (Wildman–Crippen MR) is 84.6 cm³/mol. The topological polar surface area (TPSA) is 49.4 Å². The highest BCUT2D eigenvalue weighted by Gasteiger charge is 2.27. The summed E-state index contributed by atoms with van der Waals surface area (Å²) in [5.74, 6) is 0.468. The van der Waals surface area contributed by atoms with E-state index in [9.17, 15) is 8.42 Å². The Labute approximate surface area is 126 Å². The second-order valence-corrected chi connectivity index (χ2v) is 8.65. The molecule has 0 aromatic carbocycles. The van der Waals surface area contributed by atoms with Crippen molar-refractivity contribution in [1.82, 2.24) is 9.62 Å². The maximum atomic E-state index is 11.7. The van der Waals surface area contributed by atoms with Crippen LogP contribution in [0.25, 0.3) is 0 Å². The third-order valence-electron chi connectivity index (χ3n) is 4.00. The van der Waals surface area contributed by atoms with E-state index in [-0.39, 0.29) is 0 Å². The number of hydrogen-bond acceptors (Lipinski definition) is 4. The Morgan fingerprint density at radius 1 is 1.55 bits per heavy atom. The number of nitrogens with one attached hydrogen (secondary N) is 1. The van der Waals surface area contributed by atoms with Crippen LogP contribution in [0.4, 0.5) is 0 Å². The van der Waals surface area contributed by atoms with Crippen molar-refractivity contribution in [3.63, 3.8) is 0 Å². The highest BCUT2D eigenvalue weighted by molar-refractivity contribution is 7.88. The Hall–Kier alpha value is -0.430. The van der Waals surface area contributed by atoms with Gasteiger partial charge < -0.3 is 5.32 Å². The summed E-state index contributed by atoms with van der Waals surface area (Å²) in [5, 5.41) is 5.49. The third-order valence-corrected chi connectivity index (χ3v) is 6.17. The lowest BCUT2D eigenvalue weighted by atomic mass is 9.91. The third kappa shape index (κ3) is 4.55. The van der Waals surface area contributed by atoms with Crippen molar-refractivity contribution in [2.45, 2.75) is 31.7 Å². The molecule has 0 radical (unpaired) electrons. The van der Waals surface area contributed by atoms with Gasteiger partial charge in [0.2, 0.25) is 10.0 Å². The molecule has 6 heteroatoms. The van der Waals surface area contributed by atoms with Crippen molar-refractivity contribution < 1.29 is 8.42 Å². The second kappa shape index (κ2) is 7.02. The molecule has 2 atom stereocenters. The SMILES string of the molecule is CNC(Cc1cccs1)CC1CCCN(S(C)(=O)=O)C1. The first-order valence-corrected chi connectivity index (χ1v) is 9.86. The Kier molecular flexibility index (Phi) is 5.60. The van der Waals surface area contributed by atoms with Gasteiger partial charge in [-0.1, -0.05) is 6.07 Å². The first-order chi connectivity index (χ1) is 9.49. The molecule has 0 amide bonds. The maximum Gasteiger partial charge on any atom is 0.211 e. The molecule has 114 valence electrons. The van der Waals surface area contributed by atoms with Crippen molar-refractivity contribution in [3.05, 3.63) is 22.4 Å². The second-order valence-electron chi connectivity index (χ2n) is 5.63. The fourth-order valence-electron chi connectivity index (χ4n) is 2.90. The average molecular weight is 316 g/mol. The molecule has 2 heterocycles. The predicted octanol–water partition coefficient (Wildman–Crippen LogP) is 1.94. The van der Waals surface area contributed by atoms with Gasteiger partial charge in [0.1, 0.15) is 0 Å². The maximum absolute atomic E-state index is 11.7. The fraction of sp³-hybridized carbons (Fsp3) is 0.714. The van der Waals surface area contributed by atoms with Gasteiger partial charge in [-0.05, 0) is 50.1 Å².